The molecular formula is C10H17N3O. The fourth-order valence-electron chi connectivity index (χ4n) is 1.19. The molecule has 78 valence electrons. The van der Waals surface area contributed by atoms with Gasteiger partial charge in [0.15, 0.2) is 0 Å². The van der Waals surface area contributed by atoms with Gasteiger partial charge in [0.1, 0.15) is 0 Å². The van der Waals surface area contributed by atoms with E-state index in [1.807, 2.05) is 24.7 Å². The number of carbonyl (C=O) groups excluding carboxylic acids is 1. The number of nitrogens with one attached hydrogen (secondary N) is 1. The van der Waals surface area contributed by atoms with E-state index in [1.165, 1.54) is 0 Å². The SMILES string of the molecule is CCCC(=O)NCc1cnn(CC)c1. The van der Waals surface area contributed by atoms with Gasteiger partial charge in [-0.3, -0.25) is 9.48 Å². The van der Waals surface area contributed by atoms with Crippen molar-refractivity contribution >= 4 is 5.91 Å². The van der Waals surface area contributed by atoms with Gasteiger partial charge in [0.2, 0.25) is 5.91 Å². The van der Waals surface area contributed by atoms with Gasteiger partial charge in [-0.15, -0.1) is 0 Å². The Balaban J connectivity index is 2.34. The molecular weight excluding hydrogens is 178 g/mol. The highest BCUT2D eigenvalue weighted by Crippen LogP contribution is 1.97. The first-order valence-corrected chi connectivity index (χ1v) is 5.04. The van der Waals surface area contributed by atoms with Gasteiger partial charge in [-0.05, 0) is 13.3 Å². The summed E-state index contributed by atoms with van der Waals surface area (Å²) in [6.07, 6.45) is 5.23. The van der Waals surface area contributed by atoms with Crippen LogP contribution in [-0.2, 0) is 17.9 Å². The third kappa shape index (κ3) is 3.20. The second kappa shape index (κ2) is 5.42. The minimum atomic E-state index is 0.108. The summed E-state index contributed by atoms with van der Waals surface area (Å²) in [4.78, 5) is 11.2. The van der Waals surface area contributed by atoms with E-state index >= 15 is 0 Å². The summed E-state index contributed by atoms with van der Waals surface area (Å²) < 4.78 is 1.85. The van der Waals surface area contributed by atoms with Crippen LogP contribution in [0.25, 0.3) is 0 Å². The number of nitrogens with zero attached hydrogens (tertiary/aromatic N) is 2. The van der Waals surface area contributed by atoms with E-state index in [0.29, 0.717) is 13.0 Å². The lowest BCUT2D eigenvalue weighted by atomic mass is 10.3. The lowest BCUT2D eigenvalue weighted by Crippen LogP contribution is -2.21. The van der Waals surface area contributed by atoms with Gasteiger partial charge >= 0.3 is 0 Å². The Labute approximate surface area is 84.3 Å². The predicted octanol–water partition coefficient (Wildman–Crippen LogP) is 1.32. The highest BCUT2D eigenvalue weighted by Gasteiger charge is 2.00. The van der Waals surface area contributed by atoms with Crippen LogP contribution in [0.5, 0.6) is 0 Å². The highest BCUT2D eigenvalue weighted by atomic mass is 16.1. The molecule has 0 fully saturated rings. The van der Waals surface area contributed by atoms with Gasteiger partial charge in [0.05, 0.1) is 6.20 Å². The molecule has 1 amide bonds. The van der Waals surface area contributed by atoms with Gasteiger partial charge < -0.3 is 5.32 Å². The van der Waals surface area contributed by atoms with Crippen molar-refractivity contribution in [2.24, 2.45) is 0 Å². The Morgan fingerprint density at radius 2 is 2.36 bits per heavy atom. The molecule has 0 saturated heterocycles. The van der Waals surface area contributed by atoms with E-state index in [9.17, 15) is 4.79 Å². The predicted molar refractivity (Wildman–Crippen MR) is 54.7 cm³/mol. The van der Waals surface area contributed by atoms with E-state index in [0.717, 1.165) is 18.5 Å². The normalized spacial score (nSPS) is 10.1. The van der Waals surface area contributed by atoms with Crippen LogP contribution in [0.4, 0.5) is 0 Å². The number of amides is 1. The summed E-state index contributed by atoms with van der Waals surface area (Å²) in [5.74, 6) is 0.108. The molecule has 0 bridgehead atoms. The Morgan fingerprint density at radius 3 is 2.93 bits per heavy atom. The number of carbonyl (C=O) groups is 1. The third-order valence-electron chi connectivity index (χ3n) is 1.98. The van der Waals surface area contributed by atoms with Crippen molar-refractivity contribution in [1.29, 1.82) is 0 Å². The summed E-state index contributed by atoms with van der Waals surface area (Å²) in [6.45, 7) is 5.48. The lowest BCUT2D eigenvalue weighted by Gasteiger charge is -2.00. The molecule has 0 aliphatic rings. The van der Waals surface area contributed by atoms with Crippen molar-refractivity contribution in [2.75, 3.05) is 0 Å². The Hall–Kier alpha value is -1.32. The van der Waals surface area contributed by atoms with E-state index in [4.69, 9.17) is 0 Å². The summed E-state index contributed by atoms with van der Waals surface area (Å²) in [7, 11) is 0. The van der Waals surface area contributed by atoms with Gasteiger partial charge in [-0.25, -0.2) is 0 Å². The minimum absolute atomic E-state index is 0.108. The monoisotopic (exact) mass is 195 g/mol. The number of aryl methyl sites for hydroxylation is 1. The second-order valence-electron chi connectivity index (χ2n) is 3.23. The van der Waals surface area contributed by atoms with Crippen molar-refractivity contribution in [2.45, 2.75) is 39.8 Å². The molecule has 4 nitrogen and oxygen atoms in total. The molecule has 1 heterocycles. The van der Waals surface area contributed by atoms with Crippen molar-refractivity contribution in [3.05, 3.63) is 18.0 Å². The molecule has 0 radical (unpaired) electrons. The largest absolute Gasteiger partial charge is 0.352 e. The Bertz CT molecular complexity index is 293. The van der Waals surface area contributed by atoms with Crippen LogP contribution < -0.4 is 5.32 Å². The molecule has 0 aliphatic carbocycles. The standard InChI is InChI=1S/C10H17N3O/c1-3-5-10(14)11-6-9-7-12-13(4-2)8-9/h7-8H,3-6H2,1-2H3,(H,11,14). The quantitative estimate of drug-likeness (QED) is 0.770. The van der Waals surface area contributed by atoms with Crippen LogP contribution in [0, 0.1) is 0 Å². The van der Waals surface area contributed by atoms with Crippen LogP contribution in [0.3, 0.4) is 0 Å². The summed E-state index contributed by atoms with van der Waals surface area (Å²) in [6, 6.07) is 0. The molecule has 1 aromatic rings. The van der Waals surface area contributed by atoms with E-state index in [1.54, 1.807) is 6.20 Å². The van der Waals surface area contributed by atoms with E-state index < -0.39 is 0 Å². The molecule has 0 aromatic carbocycles. The molecule has 0 unspecified atom stereocenters. The maximum atomic E-state index is 11.2. The van der Waals surface area contributed by atoms with Gasteiger partial charge in [-0.1, -0.05) is 6.92 Å². The Morgan fingerprint density at radius 1 is 1.57 bits per heavy atom. The van der Waals surface area contributed by atoms with Crippen molar-refractivity contribution in [3.63, 3.8) is 0 Å². The number of hydrogen-bond donors (Lipinski definition) is 1. The van der Waals surface area contributed by atoms with Crippen LogP contribution in [0.15, 0.2) is 12.4 Å². The third-order valence-corrected chi connectivity index (χ3v) is 1.98. The van der Waals surface area contributed by atoms with Crippen LogP contribution >= 0.6 is 0 Å². The van der Waals surface area contributed by atoms with E-state index in [2.05, 4.69) is 10.4 Å². The first-order valence-electron chi connectivity index (χ1n) is 5.04. The molecule has 1 N–H and O–H groups in total. The van der Waals surface area contributed by atoms with Crippen LogP contribution in [-0.4, -0.2) is 15.7 Å². The van der Waals surface area contributed by atoms with Gasteiger partial charge in [0, 0.05) is 31.3 Å². The average Bonchev–Trinajstić information content (AvgIpc) is 2.63. The zero-order chi connectivity index (χ0) is 10.4. The molecule has 0 saturated carbocycles. The van der Waals surface area contributed by atoms with E-state index in [-0.39, 0.29) is 5.91 Å². The van der Waals surface area contributed by atoms with Crippen LogP contribution in [0.1, 0.15) is 32.3 Å². The number of aromatic nitrogens is 2. The molecule has 1 rings (SSSR count). The van der Waals surface area contributed by atoms with Crippen molar-refractivity contribution < 1.29 is 4.79 Å². The number of rotatable bonds is 5. The first-order chi connectivity index (χ1) is 6.76. The van der Waals surface area contributed by atoms with Crippen molar-refractivity contribution in [1.82, 2.24) is 15.1 Å². The highest BCUT2D eigenvalue weighted by molar-refractivity contribution is 5.75. The topological polar surface area (TPSA) is 46.9 Å². The maximum absolute atomic E-state index is 11.2. The minimum Gasteiger partial charge on any atom is -0.352 e. The number of hydrogen-bond acceptors (Lipinski definition) is 2. The maximum Gasteiger partial charge on any atom is 0.220 e. The summed E-state index contributed by atoms with van der Waals surface area (Å²) in [5.41, 5.74) is 1.05. The molecule has 0 spiro atoms. The molecule has 4 heteroatoms. The molecule has 0 aliphatic heterocycles. The van der Waals surface area contributed by atoms with Crippen LogP contribution in [0.2, 0.25) is 0 Å². The van der Waals surface area contributed by atoms with Gasteiger partial charge in [-0.2, -0.15) is 5.10 Å². The van der Waals surface area contributed by atoms with Gasteiger partial charge in [0.25, 0.3) is 0 Å². The summed E-state index contributed by atoms with van der Waals surface area (Å²) in [5, 5.41) is 6.97. The Kier molecular flexibility index (Phi) is 4.16. The van der Waals surface area contributed by atoms with Crippen molar-refractivity contribution in [3.8, 4) is 0 Å². The smallest absolute Gasteiger partial charge is 0.220 e. The fraction of sp³-hybridized carbons (Fsp3) is 0.600. The molecule has 14 heavy (non-hydrogen) atoms. The fourth-order valence-corrected chi connectivity index (χ4v) is 1.19. The zero-order valence-corrected chi connectivity index (χ0v) is 8.79. The summed E-state index contributed by atoms with van der Waals surface area (Å²) >= 11 is 0. The average molecular weight is 195 g/mol. The second-order valence-corrected chi connectivity index (χ2v) is 3.23. The zero-order valence-electron chi connectivity index (χ0n) is 8.79. The molecule has 1 aromatic heterocycles. The lowest BCUT2D eigenvalue weighted by molar-refractivity contribution is -0.121. The molecule has 0 atom stereocenters. The first kappa shape index (κ1) is 10.8.